The fourth-order valence-corrected chi connectivity index (χ4v) is 2.53. The molecule has 0 aliphatic carbocycles. The van der Waals surface area contributed by atoms with Gasteiger partial charge in [0.15, 0.2) is 6.61 Å². The minimum Gasteiger partial charge on any atom is -0.507 e. The number of anilines is 1. The predicted molar refractivity (Wildman–Crippen MR) is 80.9 cm³/mol. The van der Waals surface area contributed by atoms with E-state index in [4.69, 9.17) is 4.74 Å². The summed E-state index contributed by atoms with van der Waals surface area (Å²) in [6, 6.07) is 13.8. The molecule has 5 nitrogen and oxygen atoms in total. The molecule has 1 amide bonds. The highest BCUT2D eigenvalue weighted by Crippen LogP contribution is 2.27. The summed E-state index contributed by atoms with van der Waals surface area (Å²) in [6.45, 7) is 0.244. The number of nitrogens with zero attached hydrogens (tertiary/aromatic N) is 1. The second-order valence-electron chi connectivity index (χ2n) is 5.02. The van der Waals surface area contributed by atoms with Crippen molar-refractivity contribution < 1.29 is 19.4 Å². The molecule has 3 rings (SSSR count). The second-order valence-corrected chi connectivity index (χ2v) is 5.02. The first-order valence-electron chi connectivity index (χ1n) is 7.00. The molecule has 0 spiro atoms. The lowest BCUT2D eigenvalue weighted by atomic mass is 10.2. The van der Waals surface area contributed by atoms with Gasteiger partial charge in [-0.1, -0.05) is 30.3 Å². The Balaban J connectivity index is 1.64. The topological polar surface area (TPSA) is 66.8 Å². The van der Waals surface area contributed by atoms with E-state index in [1.165, 1.54) is 12.1 Å². The van der Waals surface area contributed by atoms with Crippen LogP contribution in [0.3, 0.4) is 0 Å². The van der Waals surface area contributed by atoms with E-state index in [1.54, 1.807) is 17.0 Å². The summed E-state index contributed by atoms with van der Waals surface area (Å²) in [5.41, 5.74) is 2.03. The third-order valence-corrected chi connectivity index (χ3v) is 3.64. The van der Waals surface area contributed by atoms with Crippen LogP contribution in [-0.4, -0.2) is 30.1 Å². The van der Waals surface area contributed by atoms with E-state index in [9.17, 15) is 14.7 Å². The van der Waals surface area contributed by atoms with Gasteiger partial charge in [0.05, 0.1) is 0 Å². The van der Waals surface area contributed by atoms with Gasteiger partial charge in [-0.05, 0) is 30.2 Å². The van der Waals surface area contributed by atoms with Crippen molar-refractivity contribution in [3.05, 3.63) is 59.7 Å². The van der Waals surface area contributed by atoms with Crippen molar-refractivity contribution in [1.29, 1.82) is 0 Å². The lowest BCUT2D eigenvalue weighted by molar-refractivity contribution is -0.121. The molecular weight excluding hydrogens is 282 g/mol. The van der Waals surface area contributed by atoms with Crippen LogP contribution in [0.15, 0.2) is 48.5 Å². The zero-order chi connectivity index (χ0) is 15.5. The number of phenols is 1. The highest BCUT2D eigenvalue weighted by Gasteiger charge is 2.25. The maximum Gasteiger partial charge on any atom is 0.342 e. The molecule has 0 saturated heterocycles. The van der Waals surface area contributed by atoms with Crippen molar-refractivity contribution in [3.63, 3.8) is 0 Å². The summed E-state index contributed by atoms with van der Waals surface area (Å²) in [5.74, 6) is -1.14. The molecule has 0 fully saturated rings. The summed E-state index contributed by atoms with van der Waals surface area (Å²) in [5, 5.41) is 9.59. The number of aromatic hydroxyl groups is 1. The number of hydrogen-bond donors (Lipinski definition) is 1. The van der Waals surface area contributed by atoms with E-state index in [2.05, 4.69) is 0 Å². The number of hydrogen-bond acceptors (Lipinski definition) is 4. The Morgan fingerprint density at radius 2 is 1.82 bits per heavy atom. The Bertz CT molecular complexity index is 726. The van der Waals surface area contributed by atoms with Gasteiger partial charge >= 0.3 is 5.97 Å². The minimum atomic E-state index is -0.709. The van der Waals surface area contributed by atoms with Crippen LogP contribution in [0.5, 0.6) is 5.75 Å². The molecule has 1 aliphatic heterocycles. The number of ether oxygens (including phenoxy) is 1. The molecule has 0 unspecified atom stereocenters. The molecule has 2 aromatic carbocycles. The zero-order valence-electron chi connectivity index (χ0n) is 11.9. The standard InChI is InChI=1S/C17H15NO4/c19-15-8-4-2-6-13(15)17(21)22-11-16(20)18-10-9-12-5-1-3-7-14(12)18/h1-8,19H,9-11H2. The van der Waals surface area contributed by atoms with E-state index in [0.717, 1.165) is 17.7 Å². The van der Waals surface area contributed by atoms with Crippen LogP contribution in [0.25, 0.3) is 0 Å². The van der Waals surface area contributed by atoms with Gasteiger partial charge in [0.25, 0.3) is 5.91 Å². The van der Waals surface area contributed by atoms with E-state index < -0.39 is 5.97 Å². The summed E-state index contributed by atoms with van der Waals surface area (Å²) >= 11 is 0. The van der Waals surface area contributed by atoms with Gasteiger partial charge in [-0.25, -0.2) is 4.79 Å². The number of fused-ring (bicyclic) bond motifs is 1. The molecule has 22 heavy (non-hydrogen) atoms. The maximum absolute atomic E-state index is 12.2. The fourth-order valence-electron chi connectivity index (χ4n) is 2.53. The number of carbonyl (C=O) groups excluding carboxylic acids is 2. The Hall–Kier alpha value is -2.82. The number of esters is 1. The predicted octanol–water partition coefficient (Wildman–Crippen LogP) is 2.14. The Morgan fingerprint density at radius 1 is 1.09 bits per heavy atom. The smallest absolute Gasteiger partial charge is 0.342 e. The SMILES string of the molecule is O=C(OCC(=O)N1CCc2ccccc21)c1ccccc1O. The van der Waals surface area contributed by atoms with Crippen molar-refractivity contribution in [2.75, 3.05) is 18.1 Å². The molecule has 0 aromatic heterocycles. The molecule has 0 atom stereocenters. The normalized spacial score (nSPS) is 12.8. The molecule has 112 valence electrons. The first kappa shape index (κ1) is 14.1. The number of para-hydroxylation sites is 2. The van der Waals surface area contributed by atoms with Crippen LogP contribution in [0.2, 0.25) is 0 Å². The molecule has 0 radical (unpaired) electrons. The third-order valence-electron chi connectivity index (χ3n) is 3.64. The summed E-state index contributed by atoms with van der Waals surface area (Å²) in [7, 11) is 0. The number of amides is 1. The van der Waals surface area contributed by atoms with Gasteiger partial charge < -0.3 is 14.7 Å². The summed E-state index contributed by atoms with van der Waals surface area (Å²) in [6.07, 6.45) is 0.801. The minimum absolute atomic E-state index is 0.0529. The van der Waals surface area contributed by atoms with Gasteiger partial charge in [0.1, 0.15) is 11.3 Å². The molecule has 0 bridgehead atoms. The van der Waals surface area contributed by atoms with E-state index in [0.29, 0.717) is 6.54 Å². The van der Waals surface area contributed by atoms with Crippen LogP contribution >= 0.6 is 0 Å². The van der Waals surface area contributed by atoms with Crippen LogP contribution in [0, 0.1) is 0 Å². The van der Waals surface area contributed by atoms with Gasteiger partial charge in [-0.15, -0.1) is 0 Å². The largest absolute Gasteiger partial charge is 0.507 e. The van der Waals surface area contributed by atoms with Gasteiger partial charge in [0, 0.05) is 12.2 Å². The van der Waals surface area contributed by atoms with Crippen LogP contribution in [-0.2, 0) is 16.0 Å². The molecule has 2 aromatic rings. The summed E-state index contributed by atoms with van der Waals surface area (Å²) < 4.78 is 5.01. The number of rotatable bonds is 3. The Kier molecular flexibility index (Phi) is 3.78. The highest BCUT2D eigenvalue weighted by atomic mass is 16.5. The van der Waals surface area contributed by atoms with Crippen molar-refractivity contribution in [2.24, 2.45) is 0 Å². The quantitative estimate of drug-likeness (QED) is 0.881. The van der Waals surface area contributed by atoms with E-state index in [-0.39, 0.29) is 23.8 Å². The molecule has 1 N–H and O–H groups in total. The van der Waals surface area contributed by atoms with Crippen molar-refractivity contribution in [1.82, 2.24) is 0 Å². The number of carbonyl (C=O) groups is 2. The van der Waals surface area contributed by atoms with Crippen LogP contribution < -0.4 is 4.90 Å². The van der Waals surface area contributed by atoms with Gasteiger partial charge in [0.2, 0.25) is 0 Å². The Morgan fingerprint density at radius 3 is 2.64 bits per heavy atom. The fraction of sp³-hybridized carbons (Fsp3) is 0.176. The molecule has 5 heteroatoms. The third kappa shape index (κ3) is 2.65. The average molecular weight is 297 g/mol. The lowest BCUT2D eigenvalue weighted by Crippen LogP contribution is -2.33. The second kappa shape index (κ2) is 5.89. The first-order chi connectivity index (χ1) is 10.7. The average Bonchev–Trinajstić information content (AvgIpc) is 2.97. The van der Waals surface area contributed by atoms with Gasteiger partial charge in [-0.2, -0.15) is 0 Å². The summed E-state index contributed by atoms with van der Waals surface area (Å²) in [4.78, 5) is 25.7. The monoisotopic (exact) mass is 297 g/mol. The number of phenolic OH excluding ortho intramolecular Hbond substituents is 1. The van der Waals surface area contributed by atoms with Crippen molar-refractivity contribution >= 4 is 17.6 Å². The Labute approximate surface area is 127 Å². The maximum atomic E-state index is 12.2. The molecule has 1 aliphatic rings. The van der Waals surface area contributed by atoms with Gasteiger partial charge in [-0.3, -0.25) is 4.79 Å². The highest BCUT2D eigenvalue weighted by molar-refractivity contribution is 5.99. The molecule has 1 heterocycles. The lowest BCUT2D eigenvalue weighted by Gasteiger charge is -2.17. The van der Waals surface area contributed by atoms with Crippen molar-refractivity contribution in [2.45, 2.75) is 6.42 Å². The van der Waals surface area contributed by atoms with Crippen molar-refractivity contribution in [3.8, 4) is 5.75 Å². The van der Waals surface area contributed by atoms with E-state index >= 15 is 0 Å². The van der Waals surface area contributed by atoms with Crippen LogP contribution in [0.1, 0.15) is 15.9 Å². The number of benzene rings is 2. The molecular formula is C17H15NO4. The first-order valence-corrected chi connectivity index (χ1v) is 7.00. The van der Waals surface area contributed by atoms with E-state index in [1.807, 2.05) is 24.3 Å². The van der Waals surface area contributed by atoms with Crippen LogP contribution in [0.4, 0.5) is 5.69 Å². The zero-order valence-corrected chi connectivity index (χ0v) is 11.9. The molecule has 0 saturated carbocycles.